The normalized spacial score (nSPS) is 11.8. The SMILES string of the molecule is CCCNC(=O)C(C)NC(=O)c1cc(-c2ccc(C)cc2)nc2ccccc12. The topological polar surface area (TPSA) is 71.1 Å². The Kier molecular flexibility index (Phi) is 6.04. The van der Waals surface area contributed by atoms with Gasteiger partial charge in [-0.15, -0.1) is 0 Å². The van der Waals surface area contributed by atoms with Crippen molar-refractivity contribution in [3.8, 4) is 11.3 Å². The van der Waals surface area contributed by atoms with Gasteiger partial charge in [0, 0.05) is 17.5 Å². The molecule has 0 fully saturated rings. The number of rotatable bonds is 6. The Morgan fingerprint density at radius 2 is 1.79 bits per heavy atom. The lowest BCUT2D eigenvalue weighted by Crippen LogP contribution is -2.45. The van der Waals surface area contributed by atoms with E-state index < -0.39 is 6.04 Å². The van der Waals surface area contributed by atoms with Crippen LogP contribution in [0.3, 0.4) is 0 Å². The second kappa shape index (κ2) is 8.65. The maximum Gasteiger partial charge on any atom is 0.252 e. The average Bonchev–Trinajstić information content (AvgIpc) is 2.71. The molecule has 0 saturated heterocycles. The Hall–Kier alpha value is -3.21. The Balaban J connectivity index is 1.96. The predicted molar refractivity (Wildman–Crippen MR) is 112 cm³/mol. The van der Waals surface area contributed by atoms with Crippen LogP contribution in [-0.2, 0) is 4.79 Å². The Labute approximate surface area is 165 Å². The second-order valence-electron chi connectivity index (χ2n) is 6.92. The molecule has 0 aliphatic heterocycles. The standard InChI is InChI=1S/C23H25N3O2/c1-4-13-24-22(27)16(3)25-23(28)19-14-21(17-11-9-15(2)10-12-17)26-20-8-6-5-7-18(19)20/h5-12,14,16H,4,13H2,1-3H3,(H,24,27)(H,25,28). The van der Waals surface area contributed by atoms with Crippen LogP contribution in [0.1, 0.15) is 36.2 Å². The number of para-hydroxylation sites is 1. The molecule has 5 heteroatoms. The lowest BCUT2D eigenvalue weighted by molar-refractivity contribution is -0.122. The Morgan fingerprint density at radius 1 is 1.07 bits per heavy atom. The van der Waals surface area contributed by atoms with Crippen molar-refractivity contribution in [2.45, 2.75) is 33.2 Å². The van der Waals surface area contributed by atoms with Gasteiger partial charge in [0.2, 0.25) is 5.91 Å². The molecule has 5 nitrogen and oxygen atoms in total. The number of benzene rings is 2. The van der Waals surface area contributed by atoms with Crippen LogP contribution in [0, 0.1) is 6.92 Å². The van der Waals surface area contributed by atoms with E-state index >= 15 is 0 Å². The van der Waals surface area contributed by atoms with E-state index in [1.807, 2.05) is 62.4 Å². The molecule has 2 amide bonds. The largest absolute Gasteiger partial charge is 0.354 e. The van der Waals surface area contributed by atoms with E-state index in [0.29, 0.717) is 12.1 Å². The quantitative estimate of drug-likeness (QED) is 0.687. The molecule has 1 heterocycles. The zero-order valence-corrected chi connectivity index (χ0v) is 16.5. The highest BCUT2D eigenvalue weighted by Crippen LogP contribution is 2.25. The zero-order valence-electron chi connectivity index (χ0n) is 16.5. The van der Waals surface area contributed by atoms with Crippen LogP contribution in [0.4, 0.5) is 0 Å². The summed E-state index contributed by atoms with van der Waals surface area (Å²) < 4.78 is 0. The van der Waals surface area contributed by atoms with E-state index in [-0.39, 0.29) is 11.8 Å². The van der Waals surface area contributed by atoms with Crippen molar-refractivity contribution >= 4 is 22.7 Å². The van der Waals surface area contributed by atoms with Gasteiger partial charge in [-0.05, 0) is 32.4 Å². The molecule has 1 aromatic heterocycles. The van der Waals surface area contributed by atoms with E-state index in [4.69, 9.17) is 4.98 Å². The van der Waals surface area contributed by atoms with E-state index in [1.54, 1.807) is 13.0 Å². The summed E-state index contributed by atoms with van der Waals surface area (Å²) in [5.74, 6) is -0.474. The molecule has 3 rings (SSSR count). The van der Waals surface area contributed by atoms with Gasteiger partial charge in [0.1, 0.15) is 6.04 Å². The van der Waals surface area contributed by atoms with Gasteiger partial charge in [-0.2, -0.15) is 0 Å². The molecule has 144 valence electrons. The van der Waals surface area contributed by atoms with Crippen LogP contribution >= 0.6 is 0 Å². The maximum atomic E-state index is 13.0. The minimum atomic E-state index is -0.617. The van der Waals surface area contributed by atoms with Gasteiger partial charge in [0.25, 0.3) is 5.91 Å². The van der Waals surface area contributed by atoms with Crippen LogP contribution in [-0.4, -0.2) is 29.4 Å². The number of aryl methyl sites for hydroxylation is 1. The minimum Gasteiger partial charge on any atom is -0.354 e. The summed E-state index contributed by atoms with van der Waals surface area (Å²) in [4.78, 5) is 29.8. The first-order valence-electron chi connectivity index (χ1n) is 9.55. The molecular formula is C23H25N3O2. The number of aromatic nitrogens is 1. The number of nitrogens with one attached hydrogen (secondary N) is 2. The van der Waals surface area contributed by atoms with Gasteiger partial charge < -0.3 is 10.6 Å². The first-order chi connectivity index (χ1) is 13.5. The van der Waals surface area contributed by atoms with Crippen molar-refractivity contribution in [3.05, 3.63) is 65.7 Å². The highest BCUT2D eigenvalue weighted by molar-refractivity contribution is 6.08. The van der Waals surface area contributed by atoms with Gasteiger partial charge in [0.05, 0.1) is 16.8 Å². The number of hydrogen-bond donors (Lipinski definition) is 2. The lowest BCUT2D eigenvalue weighted by Gasteiger charge is -2.15. The smallest absolute Gasteiger partial charge is 0.252 e. The fourth-order valence-electron chi connectivity index (χ4n) is 2.98. The van der Waals surface area contributed by atoms with Gasteiger partial charge in [-0.25, -0.2) is 4.98 Å². The molecule has 0 radical (unpaired) electrons. The molecule has 0 spiro atoms. The summed E-state index contributed by atoms with van der Waals surface area (Å²) in [6.45, 7) is 6.29. The molecule has 3 aromatic rings. The summed E-state index contributed by atoms with van der Waals surface area (Å²) in [6, 6.07) is 16.7. The molecule has 0 aliphatic rings. The van der Waals surface area contributed by atoms with Gasteiger partial charge in [-0.1, -0.05) is 55.0 Å². The highest BCUT2D eigenvalue weighted by atomic mass is 16.2. The summed E-state index contributed by atoms with van der Waals surface area (Å²) in [5.41, 5.74) is 4.09. The first-order valence-corrected chi connectivity index (χ1v) is 9.55. The third kappa shape index (κ3) is 4.36. The third-order valence-corrected chi connectivity index (χ3v) is 4.60. The monoisotopic (exact) mass is 375 g/mol. The van der Waals surface area contributed by atoms with Gasteiger partial charge >= 0.3 is 0 Å². The van der Waals surface area contributed by atoms with Crippen molar-refractivity contribution in [2.75, 3.05) is 6.54 Å². The molecule has 2 aromatic carbocycles. The number of pyridine rings is 1. The van der Waals surface area contributed by atoms with Crippen LogP contribution in [0.15, 0.2) is 54.6 Å². The van der Waals surface area contributed by atoms with Crippen LogP contribution in [0.2, 0.25) is 0 Å². The summed E-state index contributed by atoms with van der Waals surface area (Å²) >= 11 is 0. The fourth-order valence-corrected chi connectivity index (χ4v) is 2.98. The van der Waals surface area contributed by atoms with E-state index in [9.17, 15) is 9.59 Å². The van der Waals surface area contributed by atoms with Crippen molar-refractivity contribution < 1.29 is 9.59 Å². The minimum absolute atomic E-state index is 0.188. The van der Waals surface area contributed by atoms with E-state index in [2.05, 4.69) is 10.6 Å². The van der Waals surface area contributed by atoms with Gasteiger partial charge in [0.15, 0.2) is 0 Å². The molecular weight excluding hydrogens is 350 g/mol. The number of nitrogens with zero attached hydrogens (tertiary/aromatic N) is 1. The summed E-state index contributed by atoms with van der Waals surface area (Å²) in [6.07, 6.45) is 0.849. The maximum absolute atomic E-state index is 13.0. The zero-order chi connectivity index (χ0) is 20.1. The Bertz CT molecular complexity index is 996. The number of carbonyl (C=O) groups excluding carboxylic acids is 2. The fraction of sp³-hybridized carbons (Fsp3) is 0.261. The van der Waals surface area contributed by atoms with Crippen LogP contribution in [0.5, 0.6) is 0 Å². The molecule has 2 N–H and O–H groups in total. The summed E-state index contributed by atoms with van der Waals surface area (Å²) in [7, 11) is 0. The molecule has 0 bridgehead atoms. The first kappa shape index (κ1) is 19.5. The Morgan fingerprint density at radius 3 is 2.50 bits per heavy atom. The van der Waals surface area contributed by atoms with E-state index in [0.717, 1.165) is 34.1 Å². The molecule has 1 atom stereocenters. The number of amides is 2. The number of hydrogen-bond acceptors (Lipinski definition) is 3. The average molecular weight is 375 g/mol. The van der Waals surface area contributed by atoms with Crippen molar-refractivity contribution in [1.82, 2.24) is 15.6 Å². The van der Waals surface area contributed by atoms with Crippen molar-refractivity contribution in [2.24, 2.45) is 0 Å². The number of fused-ring (bicyclic) bond motifs is 1. The molecule has 0 aliphatic carbocycles. The van der Waals surface area contributed by atoms with E-state index in [1.165, 1.54) is 0 Å². The molecule has 0 saturated carbocycles. The molecule has 1 unspecified atom stereocenters. The van der Waals surface area contributed by atoms with Crippen molar-refractivity contribution in [3.63, 3.8) is 0 Å². The highest BCUT2D eigenvalue weighted by Gasteiger charge is 2.19. The second-order valence-corrected chi connectivity index (χ2v) is 6.92. The predicted octanol–water partition coefficient (Wildman–Crippen LogP) is 3.85. The van der Waals surface area contributed by atoms with Crippen LogP contribution < -0.4 is 10.6 Å². The summed E-state index contributed by atoms with van der Waals surface area (Å²) in [5, 5.41) is 6.37. The third-order valence-electron chi connectivity index (χ3n) is 4.60. The van der Waals surface area contributed by atoms with Gasteiger partial charge in [-0.3, -0.25) is 9.59 Å². The van der Waals surface area contributed by atoms with Crippen molar-refractivity contribution in [1.29, 1.82) is 0 Å². The number of carbonyl (C=O) groups is 2. The molecule has 28 heavy (non-hydrogen) atoms. The van der Waals surface area contributed by atoms with Crippen LogP contribution in [0.25, 0.3) is 22.2 Å². The lowest BCUT2D eigenvalue weighted by atomic mass is 10.0.